The summed E-state index contributed by atoms with van der Waals surface area (Å²) in [7, 11) is 0. The summed E-state index contributed by atoms with van der Waals surface area (Å²) in [6, 6.07) is 3.95. The summed E-state index contributed by atoms with van der Waals surface area (Å²) in [6.45, 7) is 2.48. The van der Waals surface area contributed by atoms with Crippen LogP contribution in [-0.4, -0.2) is 42.3 Å². The Kier molecular flexibility index (Phi) is 5.51. The Morgan fingerprint density at radius 2 is 1.95 bits per heavy atom. The van der Waals surface area contributed by atoms with Gasteiger partial charge in [-0.3, -0.25) is 0 Å². The number of nitrogens with one attached hydrogen (secondary N) is 1. The molecule has 1 saturated heterocycles. The summed E-state index contributed by atoms with van der Waals surface area (Å²) in [4.78, 5) is 2.12. The van der Waals surface area contributed by atoms with Crippen LogP contribution in [0.1, 0.15) is 18.4 Å². The molecule has 118 valence electrons. The van der Waals surface area contributed by atoms with Crippen LogP contribution >= 0.6 is 15.9 Å². The molecule has 1 aliphatic heterocycles. The summed E-state index contributed by atoms with van der Waals surface area (Å²) in [5.41, 5.74) is -0.739. The van der Waals surface area contributed by atoms with E-state index in [1.807, 2.05) is 0 Å². The highest BCUT2D eigenvalue weighted by Gasteiger charge is 2.33. The van der Waals surface area contributed by atoms with Gasteiger partial charge in [0.1, 0.15) is 0 Å². The number of likely N-dealkylation sites (tertiary alicyclic amines) is 1. The molecule has 21 heavy (non-hydrogen) atoms. The summed E-state index contributed by atoms with van der Waals surface area (Å²) in [5.74, 6) is 0. The van der Waals surface area contributed by atoms with Crippen LogP contribution in [0.25, 0.3) is 0 Å². The van der Waals surface area contributed by atoms with Gasteiger partial charge in [-0.25, -0.2) is 0 Å². The number of hydrogen-bond donors (Lipinski definition) is 2. The van der Waals surface area contributed by atoms with E-state index in [0.29, 0.717) is 11.0 Å². The van der Waals surface area contributed by atoms with Gasteiger partial charge in [-0.1, -0.05) is 15.9 Å². The largest absolute Gasteiger partial charge is 0.418 e. The zero-order valence-corrected chi connectivity index (χ0v) is 13.0. The first kappa shape index (κ1) is 16.6. The Morgan fingerprint density at radius 3 is 2.57 bits per heavy atom. The molecule has 0 bridgehead atoms. The van der Waals surface area contributed by atoms with Gasteiger partial charge in [0.2, 0.25) is 0 Å². The second-order valence-corrected chi connectivity index (χ2v) is 6.15. The van der Waals surface area contributed by atoms with Crippen molar-refractivity contribution >= 4 is 21.6 Å². The van der Waals surface area contributed by atoms with Crippen LogP contribution in [0.15, 0.2) is 22.7 Å². The van der Waals surface area contributed by atoms with Crippen LogP contribution in [-0.2, 0) is 6.18 Å². The van der Waals surface area contributed by atoms with Gasteiger partial charge < -0.3 is 15.3 Å². The van der Waals surface area contributed by atoms with Crippen LogP contribution in [0, 0.1) is 0 Å². The molecule has 2 N–H and O–H groups in total. The van der Waals surface area contributed by atoms with Crippen molar-refractivity contribution in [3.8, 4) is 0 Å². The average molecular weight is 367 g/mol. The highest BCUT2D eigenvalue weighted by atomic mass is 79.9. The lowest BCUT2D eigenvalue weighted by molar-refractivity contribution is -0.137. The molecule has 0 aliphatic carbocycles. The fraction of sp³-hybridized carbons (Fsp3) is 0.571. The number of β-amino-alcohol motifs (C(OH)–C–C–N with tert-alkyl or cyclic N) is 1. The number of aliphatic hydroxyl groups excluding tert-OH is 1. The maximum atomic E-state index is 12.9. The molecule has 0 amide bonds. The van der Waals surface area contributed by atoms with Gasteiger partial charge in [0.05, 0.1) is 11.7 Å². The number of hydrogen-bond acceptors (Lipinski definition) is 3. The van der Waals surface area contributed by atoms with Crippen molar-refractivity contribution in [3.05, 3.63) is 28.2 Å². The molecule has 0 spiro atoms. The van der Waals surface area contributed by atoms with E-state index < -0.39 is 17.8 Å². The second-order valence-electron chi connectivity index (χ2n) is 5.23. The Bertz CT molecular complexity index is 476. The molecule has 1 heterocycles. The summed E-state index contributed by atoms with van der Waals surface area (Å²) in [5, 5.41) is 12.6. The van der Waals surface area contributed by atoms with Gasteiger partial charge in [-0.15, -0.1) is 0 Å². The van der Waals surface area contributed by atoms with E-state index in [-0.39, 0.29) is 12.2 Å². The lowest BCUT2D eigenvalue weighted by atomic mass is 10.1. The first-order chi connectivity index (χ1) is 9.86. The standard InChI is InChI=1S/C14H18BrF3N2O/c15-10-3-4-13(12(7-10)14(16,17)18)19-8-11(21)9-20-5-1-2-6-20/h3-4,7,11,19,21H,1-2,5-6,8-9H2. The molecule has 0 aromatic heterocycles. The van der Waals surface area contributed by atoms with Gasteiger partial charge in [-0.2, -0.15) is 13.2 Å². The van der Waals surface area contributed by atoms with Crippen molar-refractivity contribution in [3.63, 3.8) is 0 Å². The van der Waals surface area contributed by atoms with E-state index in [0.717, 1.165) is 32.0 Å². The van der Waals surface area contributed by atoms with Crippen molar-refractivity contribution in [1.29, 1.82) is 0 Å². The maximum Gasteiger partial charge on any atom is 0.418 e. The van der Waals surface area contributed by atoms with E-state index in [2.05, 4.69) is 26.1 Å². The number of rotatable bonds is 5. The molecule has 7 heteroatoms. The minimum absolute atomic E-state index is 0.00817. The summed E-state index contributed by atoms with van der Waals surface area (Å²) < 4.78 is 39.2. The molecule has 0 radical (unpaired) electrons. The van der Waals surface area contributed by atoms with Gasteiger partial charge in [0, 0.05) is 23.2 Å². The summed E-state index contributed by atoms with van der Waals surface area (Å²) in [6.07, 6.45) is -2.88. The SMILES string of the molecule is OC(CNc1ccc(Br)cc1C(F)(F)F)CN1CCCC1. The van der Waals surface area contributed by atoms with Crippen LogP contribution in [0.4, 0.5) is 18.9 Å². The predicted molar refractivity (Wildman–Crippen MR) is 79.3 cm³/mol. The third-order valence-corrected chi connectivity index (χ3v) is 3.98. The molecule has 3 nitrogen and oxygen atoms in total. The third-order valence-electron chi connectivity index (χ3n) is 3.48. The number of aliphatic hydroxyl groups is 1. The third kappa shape index (κ3) is 4.86. The molecule has 1 unspecified atom stereocenters. The van der Waals surface area contributed by atoms with E-state index >= 15 is 0 Å². The number of alkyl halides is 3. The number of benzene rings is 1. The molecular formula is C14H18BrF3N2O. The predicted octanol–water partition coefficient (Wildman–Crippen LogP) is 3.34. The number of anilines is 1. The molecule has 1 aromatic rings. The second kappa shape index (κ2) is 6.98. The van der Waals surface area contributed by atoms with E-state index in [1.54, 1.807) is 6.07 Å². The minimum Gasteiger partial charge on any atom is -0.390 e. The van der Waals surface area contributed by atoms with Gasteiger partial charge in [0.25, 0.3) is 0 Å². The average Bonchev–Trinajstić information content (AvgIpc) is 2.89. The van der Waals surface area contributed by atoms with Crippen LogP contribution in [0.5, 0.6) is 0 Å². The normalized spacial score (nSPS) is 18.0. The van der Waals surface area contributed by atoms with Gasteiger partial charge in [-0.05, 0) is 44.1 Å². The molecule has 1 fully saturated rings. The van der Waals surface area contributed by atoms with Crippen LogP contribution < -0.4 is 5.32 Å². The monoisotopic (exact) mass is 366 g/mol. The van der Waals surface area contributed by atoms with Crippen LogP contribution in [0.2, 0.25) is 0 Å². The van der Waals surface area contributed by atoms with E-state index in [1.165, 1.54) is 6.07 Å². The Balaban J connectivity index is 1.96. The van der Waals surface area contributed by atoms with Crippen molar-refractivity contribution in [1.82, 2.24) is 4.90 Å². The van der Waals surface area contributed by atoms with Gasteiger partial charge >= 0.3 is 6.18 Å². The molecule has 0 saturated carbocycles. The van der Waals surface area contributed by atoms with Gasteiger partial charge in [0.15, 0.2) is 0 Å². The Hall–Kier alpha value is -0.790. The van der Waals surface area contributed by atoms with Crippen molar-refractivity contribution in [2.45, 2.75) is 25.1 Å². The van der Waals surface area contributed by atoms with Crippen molar-refractivity contribution in [2.75, 3.05) is 31.5 Å². The Morgan fingerprint density at radius 1 is 1.29 bits per heavy atom. The molecule has 1 atom stereocenters. The molecule has 2 rings (SSSR count). The highest BCUT2D eigenvalue weighted by molar-refractivity contribution is 9.10. The maximum absolute atomic E-state index is 12.9. The fourth-order valence-electron chi connectivity index (χ4n) is 2.46. The van der Waals surface area contributed by atoms with Crippen molar-refractivity contribution in [2.24, 2.45) is 0 Å². The number of nitrogens with zero attached hydrogens (tertiary/aromatic N) is 1. The zero-order valence-electron chi connectivity index (χ0n) is 11.5. The summed E-state index contributed by atoms with van der Waals surface area (Å²) >= 11 is 3.04. The molecular weight excluding hydrogens is 349 g/mol. The zero-order chi connectivity index (χ0) is 15.5. The smallest absolute Gasteiger partial charge is 0.390 e. The molecule has 1 aliphatic rings. The number of halogens is 4. The molecule has 1 aromatic carbocycles. The van der Waals surface area contributed by atoms with E-state index in [4.69, 9.17) is 0 Å². The Labute approximate surface area is 130 Å². The lowest BCUT2D eigenvalue weighted by Gasteiger charge is -2.21. The van der Waals surface area contributed by atoms with Crippen molar-refractivity contribution < 1.29 is 18.3 Å². The minimum atomic E-state index is -4.42. The fourth-order valence-corrected chi connectivity index (χ4v) is 2.82. The topological polar surface area (TPSA) is 35.5 Å². The highest BCUT2D eigenvalue weighted by Crippen LogP contribution is 2.36. The van der Waals surface area contributed by atoms with Crippen LogP contribution in [0.3, 0.4) is 0 Å². The first-order valence-electron chi connectivity index (χ1n) is 6.87. The first-order valence-corrected chi connectivity index (χ1v) is 7.66. The quantitative estimate of drug-likeness (QED) is 0.838. The van der Waals surface area contributed by atoms with E-state index in [9.17, 15) is 18.3 Å². The lowest BCUT2D eigenvalue weighted by Crippen LogP contribution is -2.34.